The number of amides is 2. The van der Waals surface area contributed by atoms with Gasteiger partial charge in [-0.05, 0) is 73.9 Å². The van der Waals surface area contributed by atoms with Crippen molar-refractivity contribution in [2.75, 3.05) is 19.7 Å². The third-order valence-corrected chi connectivity index (χ3v) is 6.24. The fourth-order valence-electron chi connectivity index (χ4n) is 3.93. The highest BCUT2D eigenvalue weighted by atomic mass is 16.5. The highest BCUT2D eigenvalue weighted by molar-refractivity contribution is 5.94. The van der Waals surface area contributed by atoms with Gasteiger partial charge >= 0.3 is 0 Å². The van der Waals surface area contributed by atoms with Crippen LogP contribution in [0.5, 0.6) is 5.75 Å². The Hall–Kier alpha value is -2.82. The Morgan fingerprint density at radius 1 is 1.00 bits per heavy atom. The second-order valence-corrected chi connectivity index (χ2v) is 8.85. The SMILES string of the molecule is Cc1ccc(C)c(OCC(=O)N2CCC(NC(=O)c3ccc(C(C)C)cc3)CC2)c1C. The summed E-state index contributed by atoms with van der Waals surface area (Å²) in [6.45, 7) is 11.6. The van der Waals surface area contributed by atoms with Crippen LogP contribution >= 0.6 is 0 Å². The Morgan fingerprint density at radius 3 is 2.23 bits per heavy atom. The molecule has 0 saturated carbocycles. The summed E-state index contributed by atoms with van der Waals surface area (Å²) >= 11 is 0. The van der Waals surface area contributed by atoms with Gasteiger partial charge in [-0.25, -0.2) is 0 Å². The summed E-state index contributed by atoms with van der Waals surface area (Å²) in [5, 5.41) is 3.11. The summed E-state index contributed by atoms with van der Waals surface area (Å²) in [5.74, 6) is 1.20. The van der Waals surface area contributed by atoms with E-state index in [0.29, 0.717) is 24.6 Å². The van der Waals surface area contributed by atoms with Crippen LogP contribution in [-0.4, -0.2) is 42.5 Å². The van der Waals surface area contributed by atoms with Crippen LogP contribution in [0.25, 0.3) is 0 Å². The van der Waals surface area contributed by atoms with Crippen LogP contribution in [0.1, 0.15) is 65.2 Å². The molecular weight excluding hydrogens is 388 g/mol. The first-order valence-corrected chi connectivity index (χ1v) is 11.1. The molecule has 1 fully saturated rings. The highest BCUT2D eigenvalue weighted by Crippen LogP contribution is 2.26. The number of ether oxygens (including phenoxy) is 1. The van der Waals surface area contributed by atoms with Gasteiger partial charge in [0.05, 0.1) is 0 Å². The number of hydrogen-bond acceptors (Lipinski definition) is 3. The van der Waals surface area contributed by atoms with Crippen LogP contribution in [0.3, 0.4) is 0 Å². The molecule has 2 amide bonds. The molecule has 1 aliphatic heterocycles. The molecule has 1 aliphatic rings. The van der Waals surface area contributed by atoms with Crippen LogP contribution in [-0.2, 0) is 4.79 Å². The predicted octanol–water partition coefficient (Wildman–Crippen LogP) is 4.54. The first kappa shape index (κ1) is 22.9. The quantitative estimate of drug-likeness (QED) is 0.744. The van der Waals surface area contributed by atoms with Gasteiger partial charge in [0.25, 0.3) is 11.8 Å². The van der Waals surface area contributed by atoms with Crippen molar-refractivity contribution in [2.45, 2.75) is 59.4 Å². The minimum atomic E-state index is -0.0474. The van der Waals surface area contributed by atoms with Gasteiger partial charge in [-0.15, -0.1) is 0 Å². The normalized spacial score (nSPS) is 14.6. The number of likely N-dealkylation sites (tertiary alicyclic amines) is 1. The maximum atomic E-state index is 12.6. The zero-order valence-electron chi connectivity index (χ0n) is 19.3. The van der Waals surface area contributed by atoms with Crippen molar-refractivity contribution in [3.05, 3.63) is 64.2 Å². The molecule has 0 bridgehead atoms. The molecule has 1 heterocycles. The molecule has 0 unspecified atom stereocenters. The molecule has 5 heteroatoms. The molecule has 5 nitrogen and oxygen atoms in total. The van der Waals surface area contributed by atoms with E-state index in [0.717, 1.165) is 35.3 Å². The number of nitrogens with one attached hydrogen (secondary N) is 1. The fourth-order valence-corrected chi connectivity index (χ4v) is 3.93. The Morgan fingerprint density at radius 2 is 1.61 bits per heavy atom. The molecule has 1 N–H and O–H groups in total. The van der Waals surface area contributed by atoms with Crippen LogP contribution in [0, 0.1) is 20.8 Å². The predicted molar refractivity (Wildman–Crippen MR) is 124 cm³/mol. The van der Waals surface area contributed by atoms with E-state index < -0.39 is 0 Å². The van der Waals surface area contributed by atoms with E-state index in [1.165, 1.54) is 5.56 Å². The van der Waals surface area contributed by atoms with Crippen molar-refractivity contribution in [3.63, 3.8) is 0 Å². The second kappa shape index (κ2) is 9.99. The Kier molecular flexibility index (Phi) is 7.37. The monoisotopic (exact) mass is 422 g/mol. The number of aryl methyl sites for hydroxylation is 2. The van der Waals surface area contributed by atoms with Gasteiger partial charge in [-0.3, -0.25) is 9.59 Å². The number of rotatable bonds is 6. The van der Waals surface area contributed by atoms with Gasteiger partial charge < -0.3 is 15.0 Å². The van der Waals surface area contributed by atoms with Crippen molar-refractivity contribution < 1.29 is 14.3 Å². The van der Waals surface area contributed by atoms with E-state index in [4.69, 9.17) is 4.74 Å². The van der Waals surface area contributed by atoms with Crippen molar-refractivity contribution in [1.82, 2.24) is 10.2 Å². The van der Waals surface area contributed by atoms with Gasteiger partial charge in [0.1, 0.15) is 5.75 Å². The van der Waals surface area contributed by atoms with E-state index in [-0.39, 0.29) is 24.5 Å². The first-order valence-electron chi connectivity index (χ1n) is 11.1. The van der Waals surface area contributed by atoms with Crippen LogP contribution in [0.4, 0.5) is 0 Å². The van der Waals surface area contributed by atoms with Crippen LogP contribution < -0.4 is 10.1 Å². The summed E-state index contributed by atoms with van der Waals surface area (Å²) in [5.41, 5.74) is 5.18. The van der Waals surface area contributed by atoms with E-state index in [1.807, 2.05) is 56.0 Å². The van der Waals surface area contributed by atoms with Crippen molar-refractivity contribution >= 4 is 11.8 Å². The minimum Gasteiger partial charge on any atom is -0.483 e. The molecule has 3 rings (SSSR count). The topological polar surface area (TPSA) is 58.6 Å². The zero-order valence-corrected chi connectivity index (χ0v) is 19.3. The van der Waals surface area contributed by atoms with E-state index in [9.17, 15) is 9.59 Å². The lowest BCUT2D eigenvalue weighted by Crippen LogP contribution is -2.47. The van der Waals surface area contributed by atoms with Gasteiger partial charge in [-0.1, -0.05) is 38.1 Å². The minimum absolute atomic E-state index is 0.00523. The molecule has 2 aromatic rings. The smallest absolute Gasteiger partial charge is 0.260 e. The molecule has 31 heavy (non-hydrogen) atoms. The van der Waals surface area contributed by atoms with Crippen molar-refractivity contribution in [1.29, 1.82) is 0 Å². The number of carbonyl (C=O) groups is 2. The maximum absolute atomic E-state index is 12.6. The summed E-state index contributed by atoms with van der Waals surface area (Å²) in [6.07, 6.45) is 1.51. The fraction of sp³-hybridized carbons (Fsp3) is 0.462. The van der Waals surface area contributed by atoms with Crippen LogP contribution in [0.2, 0.25) is 0 Å². The second-order valence-electron chi connectivity index (χ2n) is 8.85. The Labute approximate surface area is 185 Å². The molecule has 0 aliphatic carbocycles. The molecule has 166 valence electrons. The average molecular weight is 423 g/mol. The maximum Gasteiger partial charge on any atom is 0.260 e. The largest absolute Gasteiger partial charge is 0.483 e. The lowest BCUT2D eigenvalue weighted by Gasteiger charge is -2.32. The van der Waals surface area contributed by atoms with Crippen molar-refractivity contribution in [3.8, 4) is 5.75 Å². The summed E-state index contributed by atoms with van der Waals surface area (Å²) in [7, 11) is 0. The highest BCUT2D eigenvalue weighted by Gasteiger charge is 2.24. The molecule has 2 aromatic carbocycles. The third-order valence-electron chi connectivity index (χ3n) is 6.24. The third kappa shape index (κ3) is 5.66. The first-order chi connectivity index (χ1) is 14.8. The Balaban J connectivity index is 1.47. The van der Waals surface area contributed by atoms with Crippen molar-refractivity contribution in [2.24, 2.45) is 0 Å². The lowest BCUT2D eigenvalue weighted by molar-refractivity contribution is -0.134. The summed E-state index contributed by atoms with van der Waals surface area (Å²) in [6, 6.07) is 12.0. The van der Waals surface area contributed by atoms with Crippen LogP contribution in [0.15, 0.2) is 36.4 Å². The standard InChI is InChI=1S/C26H34N2O3/c1-17(2)21-8-10-22(11-9-21)26(30)27-23-12-14-28(15-13-23)24(29)16-31-25-19(4)7-6-18(3)20(25)5/h6-11,17,23H,12-16H2,1-5H3,(H,27,30). The number of hydrogen-bond donors (Lipinski definition) is 1. The van der Waals surface area contributed by atoms with Gasteiger partial charge in [-0.2, -0.15) is 0 Å². The van der Waals surface area contributed by atoms with E-state index in [2.05, 4.69) is 25.2 Å². The molecule has 0 aromatic heterocycles. The molecular formula is C26H34N2O3. The lowest BCUT2D eigenvalue weighted by atomic mass is 10.0. The van der Waals surface area contributed by atoms with Gasteiger partial charge in [0, 0.05) is 24.7 Å². The van der Waals surface area contributed by atoms with E-state index >= 15 is 0 Å². The number of carbonyl (C=O) groups excluding carboxylic acids is 2. The molecule has 0 radical (unpaired) electrons. The average Bonchev–Trinajstić information content (AvgIpc) is 2.76. The molecule has 0 atom stereocenters. The van der Waals surface area contributed by atoms with E-state index in [1.54, 1.807) is 0 Å². The molecule has 1 saturated heterocycles. The number of nitrogens with zero attached hydrogens (tertiary/aromatic N) is 1. The zero-order chi connectivity index (χ0) is 22.5. The number of benzene rings is 2. The number of piperidine rings is 1. The summed E-state index contributed by atoms with van der Waals surface area (Å²) < 4.78 is 5.88. The summed E-state index contributed by atoms with van der Waals surface area (Å²) in [4.78, 5) is 27.0. The van der Waals surface area contributed by atoms with Gasteiger partial charge in [0.15, 0.2) is 6.61 Å². The Bertz CT molecular complexity index is 926. The van der Waals surface area contributed by atoms with Gasteiger partial charge in [0.2, 0.25) is 0 Å². The molecule has 0 spiro atoms.